The van der Waals surface area contributed by atoms with Gasteiger partial charge in [0.25, 0.3) is 0 Å². The molecule has 0 aromatic carbocycles. The molecule has 0 fully saturated rings. The molecule has 134 valence electrons. The summed E-state index contributed by atoms with van der Waals surface area (Å²) in [6.45, 7) is 3.49. The standard InChI is InChI=1S/C16H35N3O2.ClH/c1-2-3-4-5-6-7-8-9-10-11-12-19(13-15(17)18)14-16(20)21;/h15H,2-14,17-18H2,1H3,(H,20,21);1H. The minimum atomic E-state index is -0.817. The molecular formula is C16H36ClN3O2. The van der Waals surface area contributed by atoms with E-state index in [9.17, 15) is 4.79 Å². The number of carboxylic acid groups (broad SMARTS) is 1. The van der Waals surface area contributed by atoms with Crippen LogP contribution < -0.4 is 11.5 Å². The van der Waals surface area contributed by atoms with Gasteiger partial charge in [0.15, 0.2) is 0 Å². The highest BCUT2D eigenvalue weighted by atomic mass is 35.5. The van der Waals surface area contributed by atoms with Gasteiger partial charge in [-0.3, -0.25) is 9.69 Å². The van der Waals surface area contributed by atoms with Crippen LogP contribution in [-0.4, -0.2) is 41.8 Å². The molecule has 0 aromatic heterocycles. The van der Waals surface area contributed by atoms with Gasteiger partial charge in [0.1, 0.15) is 0 Å². The number of aliphatic carboxylic acids is 1. The molecule has 0 atom stereocenters. The van der Waals surface area contributed by atoms with Crippen LogP contribution in [-0.2, 0) is 4.79 Å². The molecule has 0 radical (unpaired) electrons. The fourth-order valence-electron chi connectivity index (χ4n) is 2.55. The third kappa shape index (κ3) is 17.7. The zero-order valence-corrected chi connectivity index (χ0v) is 15.0. The Morgan fingerprint density at radius 3 is 1.82 bits per heavy atom. The summed E-state index contributed by atoms with van der Waals surface area (Å²) in [6, 6.07) is 0. The van der Waals surface area contributed by atoms with Crippen molar-refractivity contribution in [2.24, 2.45) is 11.5 Å². The lowest BCUT2D eigenvalue weighted by atomic mass is 10.1. The molecule has 0 amide bonds. The van der Waals surface area contributed by atoms with Crippen LogP contribution in [0.5, 0.6) is 0 Å². The van der Waals surface area contributed by atoms with E-state index in [1.807, 2.05) is 4.90 Å². The Morgan fingerprint density at radius 2 is 1.41 bits per heavy atom. The lowest BCUT2D eigenvalue weighted by Crippen LogP contribution is -2.45. The number of carbonyl (C=O) groups is 1. The van der Waals surface area contributed by atoms with E-state index in [0.29, 0.717) is 6.54 Å². The van der Waals surface area contributed by atoms with Gasteiger partial charge in [-0.25, -0.2) is 0 Å². The highest BCUT2D eigenvalue weighted by Crippen LogP contribution is 2.10. The van der Waals surface area contributed by atoms with Crippen LogP contribution in [0.15, 0.2) is 0 Å². The van der Waals surface area contributed by atoms with E-state index in [-0.39, 0.29) is 19.0 Å². The number of halogens is 1. The number of nitrogens with two attached hydrogens (primary N) is 2. The highest BCUT2D eigenvalue weighted by molar-refractivity contribution is 5.85. The first-order valence-corrected chi connectivity index (χ1v) is 8.51. The predicted octanol–water partition coefficient (Wildman–Crippen LogP) is 2.96. The Morgan fingerprint density at radius 1 is 0.955 bits per heavy atom. The van der Waals surface area contributed by atoms with Gasteiger partial charge in [0.2, 0.25) is 0 Å². The first kappa shape index (κ1) is 23.9. The molecule has 0 spiro atoms. The lowest BCUT2D eigenvalue weighted by Gasteiger charge is -2.21. The van der Waals surface area contributed by atoms with E-state index in [0.717, 1.165) is 19.4 Å². The number of hydrogen-bond donors (Lipinski definition) is 3. The summed E-state index contributed by atoms with van der Waals surface area (Å²) in [7, 11) is 0. The van der Waals surface area contributed by atoms with Crippen molar-refractivity contribution in [3.05, 3.63) is 0 Å². The van der Waals surface area contributed by atoms with Gasteiger partial charge >= 0.3 is 5.97 Å². The quantitative estimate of drug-likeness (QED) is 0.315. The van der Waals surface area contributed by atoms with E-state index in [4.69, 9.17) is 16.6 Å². The molecule has 0 bridgehead atoms. The fraction of sp³-hybridized carbons (Fsp3) is 0.938. The normalized spacial score (nSPS) is 11.0. The summed E-state index contributed by atoms with van der Waals surface area (Å²) in [5, 5.41) is 8.83. The SMILES string of the molecule is CCCCCCCCCCCCN(CC(=O)O)CC(N)N.Cl. The Kier molecular flexibility index (Phi) is 18.5. The highest BCUT2D eigenvalue weighted by Gasteiger charge is 2.11. The van der Waals surface area contributed by atoms with Crippen LogP contribution in [0, 0.1) is 0 Å². The summed E-state index contributed by atoms with van der Waals surface area (Å²) in [4.78, 5) is 12.6. The maximum Gasteiger partial charge on any atom is 0.317 e. The smallest absolute Gasteiger partial charge is 0.317 e. The van der Waals surface area contributed by atoms with Crippen molar-refractivity contribution in [3.8, 4) is 0 Å². The van der Waals surface area contributed by atoms with Gasteiger partial charge < -0.3 is 16.6 Å². The first-order valence-electron chi connectivity index (χ1n) is 8.51. The Labute approximate surface area is 142 Å². The topological polar surface area (TPSA) is 92.6 Å². The van der Waals surface area contributed by atoms with Crippen LogP contribution >= 0.6 is 12.4 Å². The van der Waals surface area contributed by atoms with Gasteiger partial charge in [-0.2, -0.15) is 0 Å². The third-order valence-corrected chi connectivity index (χ3v) is 3.66. The van der Waals surface area contributed by atoms with E-state index in [1.165, 1.54) is 51.4 Å². The monoisotopic (exact) mass is 337 g/mol. The molecule has 22 heavy (non-hydrogen) atoms. The molecule has 0 aliphatic rings. The summed E-state index contributed by atoms with van der Waals surface area (Å²) < 4.78 is 0. The molecule has 0 saturated carbocycles. The van der Waals surface area contributed by atoms with Gasteiger partial charge in [-0.05, 0) is 13.0 Å². The lowest BCUT2D eigenvalue weighted by molar-refractivity contribution is -0.138. The molecule has 5 N–H and O–H groups in total. The summed E-state index contributed by atoms with van der Waals surface area (Å²) in [5.41, 5.74) is 11.1. The zero-order chi connectivity index (χ0) is 15.9. The predicted molar refractivity (Wildman–Crippen MR) is 95.3 cm³/mol. The van der Waals surface area contributed by atoms with Crippen LogP contribution in [0.25, 0.3) is 0 Å². The van der Waals surface area contributed by atoms with Gasteiger partial charge in [-0.15, -0.1) is 12.4 Å². The van der Waals surface area contributed by atoms with E-state index in [1.54, 1.807) is 0 Å². The molecular weight excluding hydrogens is 302 g/mol. The number of nitrogens with zero attached hydrogens (tertiary/aromatic N) is 1. The van der Waals surface area contributed by atoms with Crippen LogP contribution in [0.3, 0.4) is 0 Å². The molecule has 0 rings (SSSR count). The molecule has 0 unspecified atom stereocenters. The van der Waals surface area contributed by atoms with Gasteiger partial charge in [0, 0.05) is 6.54 Å². The van der Waals surface area contributed by atoms with E-state index >= 15 is 0 Å². The van der Waals surface area contributed by atoms with E-state index < -0.39 is 12.1 Å². The Bertz CT molecular complexity index is 254. The number of rotatable bonds is 15. The van der Waals surface area contributed by atoms with E-state index in [2.05, 4.69) is 6.92 Å². The molecule has 0 aliphatic heterocycles. The summed E-state index contributed by atoms with van der Waals surface area (Å²) >= 11 is 0. The average molecular weight is 338 g/mol. The molecule has 0 heterocycles. The van der Waals surface area contributed by atoms with Crippen molar-refractivity contribution in [2.75, 3.05) is 19.6 Å². The molecule has 5 nitrogen and oxygen atoms in total. The number of hydrogen-bond acceptors (Lipinski definition) is 4. The summed E-state index contributed by atoms with van der Waals surface area (Å²) in [5.74, 6) is -0.817. The maximum atomic E-state index is 10.8. The van der Waals surface area contributed by atoms with Crippen molar-refractivity contribution < 1.29 is 9.90 Å². The fourth-order valence-corrected chi connectivity index (χ4v) is 2.55. The molecule has 0 aromatic rings. The maximum absolute atomic E-state index is 10.8. The summed E-state index contributed by atoms with van der Waals surface area (Å²) in [6.07, 6.45) is 12.3. The Balaban J connectivity index is 0. The van der Waals surface area contributed by atoms with Crippen LogP contribution in [0.4, 0.5) is 0 Å². The molecule has 6 heteroatoms. The minimum Gasteiger partial charge on any atom is -0.480 e. The number of carboxylic acids is 1. The second-order valence-electron chi connectivity index (χ2n) is 5.97. The zero-order valence-electron chi connectivity index (χ0n) is 14.1. The number of unbranched alkanes of at least 4 members (excludes halogenated alkanes) is 9. The largest absolute Gasteiger partial charge is 0.480 e. The van der Waals surface area contributed by atoms with Crippen LogP contribution in [0.2, 0.25) is 0 Å². The second kappa shape index (κ2) is 17.0. The Hall–Kier alpha value is -0.360. The first-order chi connectivity index (χ1) is 10.1. The minimum absolute atomic E-state index is 0. The van der Waals surface area contributed by atoms with Crippen LogP contribution in [0.1, 0.15) is 71.1 Å². The second-order valence-corrected chi connectivity index (χ2v) is 5.97. The van der Waals surface area contributed by atoms with Gasteiger partial charge in [-0.1, -0.05) is 64.7 Å². The third-order valence-electron chi connectivity index (χ3n) is 3.66. The average Bonchev–Trinajstić information content (AvgIpc) is 2.39. The van der Waals surface area contributed by atoms with Gasteiger partial charge in [0.05, 0.1) is 12.7 Å². The van der Waals surface area contributed by atoms with Crippen molar-refractivity contribution in [3.63, 3.8) is 0 Å². The van der Waals surface area contributed by atoms with Crippen molar-refractivity contribution in [1.82, 2.24) is 4.90 Å². The van der Waals surface area contributed by atoms with Crippen molar-refractivity contribution in [1.29, 1.82) is 0 Å². The van der Waals surface area contributed by atoms with Crippen molar-refractivity contribution in [2.45, 2.75) is 77.3 Å². The molecule has 0 aliphatic carbocycles. The molecule has 0 saturated heterocycles. The van der Waals surface area contributed by atoms with Crippen molar-refractivity contribution >= 4 is 18.4 Å².